The number of urea groups is 1. The molecule has 4 fully saturated rings. The Morgan fingerprint density at radius 2 is 2.03 bits per heavy atom. The molecule has 0 unspecified atom stereocenters. The fourth-order valence-corrected chi connectivity index (χ4v) is 5.83. The van der Waals surface area contributed by atoms with Crippen molar-refractivity contribution >= 4 is 19.1 Å². The van der Waals surface area contributed by atoms with E-state index in [4.69, 9.17) is 14.7 Å². The molecule has 0 radical (unpaired) electrons. The van der Waals surface area contributed by atoms with E-state index in [-0.39, 0.29) is 29.6 Å². The maximum atomic E-state index is 13.1. The van der Waals surface area contributed by atoms with Crippen molar-refractivity contribution in [2.75, 3.05) is 6.54 Å². The molecule has 0 aromatic carbocycles. The fraction of sp³-hybridized carbons (Fsp3) is 0.905. The van der Waals surface area contributed by atoms with E-state index in [1.807, 2.05) is 6.92 Å². The summed E-state index contributed by atoms with van der Waals surface area (Å²) < 4.78 is 12.9. The Balaban J connectivity index is 1.74. The number of carbonyl (C=O) groups is 1. The molecule has 5 atom stereocenters. The molecule has 10 nitrogen and oxygen atoms in total. The summed E-state index contributed by atoms with van der Waals surface area (Å²) in [6.07, 6.45) is 4.15. The summed E-state index contributed by atoms with van der Waals surface area (Å²) in [6, 6.07) is -0.555. The van der Waals surface area contributed by atoms with Crippen molar-refractivity contribution in [1.82, 2.24) is 15.6 Å². The third-order valence-corrected chi connectivity index (χ3v) is 7.78. The molecule has 0 aromatic rings. The summed E-state index contributed by atoms with van der Waals surface area (Å²) >= 11 is 0. The van der Waals surface area contributed by atoms with Crippen LogP contribution in [0.25, 0.3) is 0 Å². The zero-order chi connectivity index (χ0) is 23.8. The first kappa shape index (κ1) is 24.8. The highest BCUT2D eigenvalue weighted by molar-refractivity contribution is 6.47. The lowest BCUT2D eigenvalue weighted by atomic mass is 9.43. The highest BCUT2D eigenvalue weighted by Crippen LogP contribution is 2.65. The molecule has 32 heavy (non-hydrogen) atoms. The predicted molar refractivity (Wildman–Crippen MR) is 121 cm³/mol. The van der Waals surface area contributed by atoms with Gasteiger partial charge in [0, 0.05) is 6.54 Å². The number of nitrogens with one attached hydrogen (secondary N) is 3. The van der Waals surface area contributed by atoms with Gasteiger partial charge in [0.05, 0.1) is 17.6 Å². The van der Waals surface area contributed by atoms with E-state index in [2.05, 4.69) is 39.9 Å². The number of nitrogens with zero attached hydrogens (tertiary/aromatic N) is 2. The number of carbonyl (C=O) groups excluding carboxylic acids is 1. The van der Waals surface area contributed by atoms with Crippen molar-refractivity contribution < 1.29 is 19.1 Å². The summed E-state index contributed by atoms with van der Waals surface area (Å²) in [5.74, 6) is 0.342. The molecule has 3 aliphatic carbocycles. The Hall–Kier alpha value is -1.88. The van der Waals surface area contributed by atoms with Crippen molar-refractivity contribution in [2.24, 2.45) is 23.2 Å². The quantitative estimate of drug-likeness (QED) is 0.171. The maximum Gasteiger partial charge on any atom is 0.481 e. The largest absolute Gasteiger partial charge is 0.481 e. The van der Waals surface area contributed by atoms with E-state index in [1.54, 1.807) is 5.43 Å². The van der Waals surface area contributed by atoms with Crippen molar-refractivity contribution in [2.45, 2.75) is 91.3 Å². The lowest BCUT2D eigenvalue weighted by Gasteiger charge is -2.64. The van der Waals surface area contributed by atoms with Crippen LogP contribution in [0.4, 0.5) is 4.79 Å². The molecular formula is C21H38BN5O5. The molecular weight excluding hydrogens is 413 g/mol. The minimum Gasteiger partial charge on any atom is -0.404 e. The van der Waals surface area contributed by atoms with Crippen LogP contribution in [0.3, 0.4) is 0 Å². The lowest BCUT2D eigenvalue weighted by molar-refractivity contribution is -0.526. The van der Waals surface area contributed by atoms with Crippen LogP contribution in [0.15, 0.2) is 0 Å². The summed E-state index contributed by atoms with van der Waals surface area (Å²) in [5, 5.41) is 20.9. The van der Waals surface area contributed by atoms with E-state index in [9.17, 15) is 14.9 Å². The van der Waals surface area contributed by atoms with Gasteiger partial charge in [-0.1, -0.05) is 46.5 Å². The van der Waals surface area contributed by atoms with Crippen molar-refractivity contribution in [3.63, 3.8) is 0 Å². The van der Waals surface area contributed by atoms with Crippen molar-refractivity contribution in [3.8, 4) is 0 Å². The second-order valence-electron chi connectivity index (χ2n) is 10.7. The highest BCUT2D eigenvalue weighted by atomic mass is 16.7. The van der Waals surface area contributed by atoms with Crippen LogP contribution in [0.5, 0.6) is 0 Å². The second kappa shape index (κ2) is 9.17. The van der Waals surface area contributed by atoms with Crippen LogP contribution in [0, 0.1) is 38.7 Å². The fourth-order valence-electron chi connectivity index (χ4n) is 5.83. The van der Waals surface area contributed by atoms with Gasteiger partial charge in [0.25, 0.3) is 5.96 Å². The molecule has 4 rings (SSSR count). The molecule has 2 bridgehead atoms. The number of amides is 2. The molecule has 0 spiro atoms. The summed E-state index contributed by atoms with van der Waals surface area (Å²) in [6.45, 7) is 13.0. The highest BCUT2D eigenvalue weighted by Gasteiger charge is 2.68. The number of nitro groups is 1. The molecule has 3 N–H and O–H groups in total. The van der Waals surface area contributed by atoms with Crippen LogP contribution in [0.1, 0.15) is 73.6 Å². The zero-order valence-corrected chi connectivity index (χ0v) is 20.1. The Morgan fingerprint density at radius 1 is 1.34 bits per heavy atom. The number of hydrazine groups is 1. The predicted octanol–water partition coefficient (Wildman–Crippen LogP) is 3.20. The van der Waals surface area contributed by atoms with E-state index in [0.29, 0.717) is 24.7 Å². The Bertz CT molecular complexity index is 750. The smallest absolute Gasteiger partial charge is 0.404 e. The number of rotatable bonds is 8. The van der Waals surface area contributed by atoms with Gasteiger partial charge in [0.2, 0.25) is 0 Å². The van der Waals surface area contributed by atoms with Crippen LogP contribution >= 0.6 is 0 Å². The molecule has 3 saturated carbocycles. The average Bonchev–Trinajstić information content (AvgIpc) is 3.03. The van der Waals surface area contributed by atoms with Crippen LogP contribution in [-0.4, -0.2) is 53.2 Å². The van der Waals surface area contributed by atoms with E-state index in [1.165, 1.54) is 0 Å². The minimum atomic E-state index is -0.831. The number of guanidine groups is 1. The van der Waals surface area contributed by atoms with Gasteiger partial charge >= 0.3 is 13.1 Å². The minimum absolute atomic E-state index is 0.00137. The molecule has 11 heteroatoms. The van der Waals surface area contributed by atoms with Gasteiger partial charge in [-0.2, -0.15) is 0 Å². The van der Waals surface area contributed by atoms with E-state index >= 15 is 0 Å². The van der Waals surface area contributed by atoms with E-state index in [0.717, 1.165) is 24.2 Å². The molecule has 2 amide bonds. The van der Waals surface area contributed by atoms with Crippen molar-refractivity contribution in [3.05, 3.63) is 10.1 Å². The SMILES string of the molecule is CCCCN(C(=N)N[N+](=O)[O-])C(=O)N[C@@H](CC(C)C)B1O[C@@H]2C[C@@H]3C[C@@H](C3(C)C)[C@]2(C)O1. The number of hydrogen-bond acceptors (Lipinski definition) is 6. The van der Waals surface area contributed by atoms with Gasteiger partial charge in [-0.05, 0) is 55.8 Å². The first-order chi connectivity index (χ1) is 14.9. The first-order valence-corrected chi connectivity index (χ1v) is 11.8. The van der Waals surface area contributed by atoms with Crippen LogP contribution in [0.2, 0.25) is 0 Å². The maximum absolute atomic E-state index is 13.1. The molecule has 0 aromatic heterocycles. The third-order valence-electron chi connectivity index (χ3n) is 7.78. The number of unbranched alkanes of at least 4 members (excludes halogenated alkanes) is 1. The summed E-state index contributed by atoms with van der Waals surface area (Å²) in [5.41, 5.74) is 1.63. The Kier molecular flexibility index (Phi) is 7.10. The zero-order valence-electron chi connectivity index (χ0n) is 20.1. The summed E-state index contributed by atoms with van der Waals surface area (Å²) in [7, 11) is -0.586. The standard InChI is InChI=1S/C21H38BN5O5/c1-7-8-9-26(18(23)25-27(29)30)19(28)24-17(10-13(2)3)22-31-16-12-14-11-15(20(14,4)5)21(16,6)32-22/h13-17H,7-12H2,1-6H3,(H2,23,25)(H,24,28)/t14-,15-,16+,17-,21-/m0/s1. The number of hydrogen-bond donors (Lipinski definition) is 3. The van der Waals surface area contributed by atoms with Gasteiger partial charge in [-0.3, -0.25) is 10.3 Å². The van der Waals surface area contributed by atoms with Gasteiger partial charge in [0.15, 0.2) is 5.03 Å². The second-order valence-corrected chi connectivity index (χ2v) is 10.7. The molecule has 1 saturated heterocycles. The lowest BCUT2D eigenvalue weighted by Crippen LogP contribution is -2.65. The molecule has 1 heterocycles. The van der Waals surface area contributed by atoms with Gasteiger partial charge in [-0.15, -0.1) is 0 Å². The molecule has 1 aliphatic heterocycles. The van der Waals surface area contributed by atoms with Crippen LogP contribution in [-0.2, 0) is 9.31 Å². The van der Waals surface area contributed by atoms with Gasteiger partial charge < -0.3 is 14.6 Å². The first-order valence-electron chi connectivity index (χ1n) is 11.8. The normalized spacial score (nSPS) is 30.8. The third kappa shape index (κ3) is 4.59. The molecule has 4 aliphatic rings. The summed E-state index contributed by atoms with van der Waals surface area (Å²) in [4.78, 5) is 25.0. The average molecular weight is 451 g/mol. The Labute approximate surface area is 190 Å². The van der Waals surface area contributed by atoms with Gasteiger partial charge in [-0.25, -0.2) is 14.9 Å². The molecule has 180 valence electrons. The van der Waals surface area contributed by atoms with Crippen LogP contribution < -0.4 is 10.7 Å². The van der Waals surface area contributed by atoms with Gasteiger partial charge in [0.1, 0.15) is 0 Å². The topological polar surface area (TPSA) is 130 Å². The van der Waals surface area contributed by atoms with E-state index < -0.39 is 30.1 Å². The Morgan fingerprint density at radius 3 is 2.59 bits per heavy atom. The van der Waals surface area contributed by atoms with Crippen molar-refractivity contribution in [1.29, 1.82) is 5.41 Å². The monoisotopic (exact) mass is 451 g/mol.